The van der Waals surface area contributed by atoms with E-state index in [1.807, 2.05) is 0 Å². The maximum Gasteiger partial charge on any atom is 0.0236 e. The minimum Gasteiger partial charge on any atom is -0.330 e. The number of benzene rings is 1. The molecule has 2 heteroatoms. The third-order valence-electron chi connectivity index (χ3n) is 3.87. The third-order valence-corrected chi connectivity index (χ3v) is 3.87. The van der Waals surface area contributed by atoms with Crippen molar-refractivity contribution in [2.45, 2.75) is 32.7 Å². The van der Waals surface area contributed by atoms with Gasteiger partial charge in [-0.1, -0.05) is 37.6 Å². The molecular weight excluding hydrogens is 208 g/mol. The molecule has 1 aromatic rings. The topological polar surface area (TPSA) is 29.3 Å². The minimum atomic E-state index is 0.745. The van der Waals surface area contributed by atoms with Gasteiger partial charge in [-0.25, -0.2) is 0 Å². The normalized spacial score (nSPS) is 20.9. The van der Waals surface area contributed by atoms with Gasteiger partial charge in [0.05, 0.1) is 0 Å². The highest BCUT2D eigenvalue weighted by molar-refractivity contribution is 5.27. The number of hydrogen-bond acceptors (Lipinski definition) is 2. The lowest BCUT2D eigenvalue weighted by Gasteiger charge is -2.18. The average molecular weight is 232 g/mol. The van der Waals surface area contributed by atoms with Crippen LogP contribution < -0.4 is 5.73 Å². The Hall–Kier alpha value is -0.860. The Labute approximate surface area is 105 Å². The first-order valence-corrected chi connectivity index (χ1v) is 6.82. The van der Waals surface area contributed by atoms with Gasteiger partial charge in [0.25, 0.3) is 0 Å². The summed E-state index contributed by atoms with van der Waals surface area (Å²) < 4.78 is 0. The molecule has 0 aliphatic carbocycles. The molecule has 1 unspecified atom stereocenters. The lowest BCUT2D eigenvalue weighted by molar-refractivity contribution is 0.314. The fourth-order valence-electron chi connectivity index (χ4n) is 2.74. The van der Waals surface area contributed by atoms with Crippen LogP contribution in [0.15, 0.2) is 24.3 Å². The van der Waals surface area contributed by atoms with E-state index >= 15 is 0 Å². The second kappa shape index (κ2) is 6.18. The van der Waals surface area contributed by atoms with Crippen LogP contribution in [-0.4, -0.2) is 24.5 Å². The van der Waals surface area contributed by atoms with Crippen LogP contribution in [0.25, 0.3) is 0 Å². The molecule has 0 saturated carbocycles. The molecule has 0 aromatic heterocycles. The van der Waals surface area contributed by atoms with Crippen molar-refractivity contribution < 1.29 is 0 Å². The molecule has 1 saturated heterocycles. The van der Waals surface area contributed by atoms with Crippen molar-refractivity contribution in [1.82, 2.24) is 4.90 Å². The number of rotatable bonds is 5. The van der Waals surface area contributed by atoms with Crippen LogP contribution in [0.5, 0.6) is 0 Å². The number of hydrogen-bond donors (Lipinski definition) is 1. The maximum absolute atomic E-state index is 5.67. The summed E-state index contributed by atoms with van der Waals surface area (Å²) in [6, 6.07) is 8.73. The highest BCUT2D eigenvalue weighted by Crippen LogP contribution is 2.22. The van der Waals surface area contributed by atoms with Crippen molar-refractivity contribution in [1.29, 1.82) is 0 Å². The van der Waals surface area contributed by atoms with E-state index in [2.05, 4.69) is 36.1 Å². The van der Waals surface area contributed by atoms with Gasteiger partial charge in [-0.3, -0.25) is 4.90 Å². The van der Waals surface area contributed by atoms with E-state index in [4.69, 9.17) is 5.73 Å². The summed E-state index contributed by atoms with van der Waals surface area (Å²) in [6.07, 6.45) is 3.69. The quantitative estimate of drug-likeness (QED) is 0.845. The van der Waals surface area contributed by atoms with Crippen LogP contribution in [0.3, 0.4) is 0 Å². The second-order valence-corrected chi connectivity index (χ2v) is 5.11. The monoisotopic (exact) mass is 232 g/mol. The second-order valence-electron chi connectivity index (χ2n) is 5.11. The lowest BCUT2D eigenvalue weighted by Crippen LogP contribution is -2.21. The van der Waals surface area contributed by atoms with Gasteiger partial charge >= 0.3 is 0 Å². The number of likely N-dealkylation sites (tertiary alicyclic amines) is 1. The summed E-state index contributed by atoms with van der Waals surface area (Å²) in [5, 5.41) is 0. The Kier molecular flexibility index (Phi) is 4.57. The molecule has 17 heavy (non-hydrogen) atoms. The van der Waals surface area contributed by atoms with E-state index < -0.39 is 0 Å². The van der Waals surface area contributed by atoms with Crippen LogP contribution in [-0.2, 0) is 13.0 Å². The van der Waals surface area contributed by atoms with Crippen LogP contribution in [0, 0.1) is 5.92 Å². The first kappa shape index (κ1) is 12.6. The highest BCUT2D eigenvalue weighted by atomic mass is 15.1. The van der Waals surface area contributed by atoms with E-state index in [1.165, 1.54) is 37.1 Å². The Bertz CT molecular complexity index is 349. The van der Waals surface area contributed by atoms with E-state index in [9.17, 15) is 0 Å². The summed E-state index contributed by atoms with van der Waals surface area (Å²) in [4.78, 5) is 2.59. The SMILES string of the molecule is CCC1CCN(Cc2ccccc2CCN)C1. The molecule has 1 atom stereocenters. The largest absolute Gasteiger partial charge is 0.330 e. The van der Waals surface area contributed by atoms with E-state index in [1.54, 1.807) is 0 Å². The summed E-state index contributed by atoms with van der Waals surface area (Å²) in [5.74, 6) is 0.914. The Morgan fingerprint density at radius 1 is 1.29 bits per heavy atom. The van der Waals surface area contributed by atoms with Crippen molar-refractivity contribution in [3.05, 3.63) is 35.4 Å². The van der Waals surface area contributed by atoms with Gasteiger partial charge in [0.2, 0.25) is 0 Å². The smallest absolute Gasteiger partial charge is 0.0236 e. The van der Waals surface area contributed by atoms with Gasteiger partial charge in [-0.05, 0) is 43.0 Å². The molecule has 0 bridgehead atoms. The Balaban J connectivity index is 1.98. The van der Waals surface area contributed by atoms with Gasteiger partial charge in [-0.2, -0.15) is 0 Å². The lowest BCUT2D eigenvalue weighted by atomic mass is 10.0. The molecule has 1 aliphatic heterocycles. The predicted octanol–water partition coefficient (Wildman–Crippen LogP) is 2.42. The molecule has 2 N–H and O–H groups in total. The Morgan fingerprint density at radius 2 is 2.06 bits per heavy atom. The van der Waals surface area contributed by atoms with Gasteiger partial charge in [-0.15, -0.1) is 0 Å². The fourth-order valence-corrected chi connectivity index (χ4v) is 2.74. The van der Waals surface area contributed by atoms with Crippen molar-refractivity contribution in [3.63, 3.8) is 0 Å². The molecule has 1 heterocycles. The molecule has 1 aliphatic rings. The van der Waals surface area contributed by atoms with E-state index in [0.717, 1.165) is 25.4 Å². The maximum atomic E-state index is 5.67. The summed E-state index contributed by atoms with van der Waals surface area (Å²) >= 11 is 0. The van der Waals surface area contributed by atoms with E-state index in [-0.39, 0.29) is 0 Å². The van der Waals surface area contributed by atoms with Crippen LogP contribution >= 0.6 is 0 Å². The fraction of sp³-hybridized carbons (Fsp3) is 0.600. The number of nitrogens with two attached hydrogens (primary N) is 1. The Morgan fingerprint density at radius 3 is 2.71 bits per heavy atom. The zero-order chi connectivity index (χ0) is 12.1. The van der Waals surface area contributed by atoms with Crippen molar-refractivity contribution >= 4 is 0 Å². The van der Waals surface area contributed by atoms with Crippen molar-refractivity contribution in [2.24, 2.45) is 11.7 Å². The van der Waals surface area contributed by atoms with Gasteiger partial charge in [0, 0.05) is 13.1 Å². The zero-order valence-corrected chi connectivity index (χ0v) is 10.9. The summed E-state index contributed by atoms with van der Waals surface area (Å²) in [7, 11) is 0. The first-order valence-electron chi connectivity index (χ1n) is 6.82. The van der Waals surface area contributed by atoms with Crippen molar-refractivity contribution in [2.75, 3.05) is 19.6 Å². The molecule has 94 valence electrons. The number of nitrogens with zero attached hydrogens (tertiary/aromatic N) is 1. The molecule has 0 amide bonds. The first-order chi connectivity index (χ1) is 8.33. The van der Waals surface area contributed by atoms with Gasteiger partial charge in [0.15, 0.2) is 0 Å². The zero-order valence-electron chi connectivity index (χ0n) is 10.9. The minimum absolute atomic E-state index is 0.745. The molecule has 1 aromatic carbocycles. The van der Waals surface area contributed by atoms with E-state index in [0.29, 0.717) is 0 Å². The standard InChI is InChI=1S/C15H24N2/c1-2-13-8-10-17(11-13)12-15-6-4-3-5-14(15)7-9-16/h3-6,13H,2,7-12,16H2,1H3. The average Bonchev–Trinajstić information content (AvgIpc) is 2.80. The van der Waals surface area contributed by atoms with Crippen LogP contribution in [0.2, 0.25) is 0 Å². The van der Waals surface area contributed by atoms with Crippen molar-refractivity contribution in [3.8, 4) is 0 Å². The molecule has 0 spiro atoms. The molecule has 2 nitrogen and oxygen atoms in total. The van der Waals surface area contributed by atoms with Gasteiger partial charge < -0.3 is 5.73 Å². The van der Waals surface area contributed by atoms with Gasteiger partial charge in [0.1, 0.15) is 0 Å². The third kappa shape index (κ3) is 3.30. The van der Waals surface area contributed by atoms with Crippen LogP contribution in [0.1, 0.15) is 30.9 Å². The van der Waals surface area contributed by atoms with Crippen LogP contribution in [0.4, 0.5) is 0 Å². The summed E-state index contributed by atoms with van der Waals surface area (Å²) in [6.45, 7) is 6.68. The highest BCUT2D eigenvalue weighted by Gasteiger charge is 2.21. The molecule has 1 fully saturated rings. The predicted molar refractivity (Wildman–Crippen MR) is 72.9 cm³/mol. The molecule has 0 radical (unpaired) electrons. The molecular formula is C15H24N2. The molecule has 2 rings (SSSR count). The summed E-state index contributed by atoms with van der Waals surface area (Å²) in [5.41, 5.74) is 8.56.